The van der Waals surface area contributed by atoms with Gasteiger partial charge in [0.25, 0.3) is 11.8 Å². The van der Waals surface area contributed by atoms with Gasteiger partial charge in [-0.1, -0.05) is 30.3 Å². The number of ether oxygens (including phenoxy) is 3. The zero-order valence-electron chi connectivity index (χ0n) is 26.7. The summed E-state index contributed by atoms with van der Waals surface area (Å²) in [6, 6.07) is 21.0. The van der Waals surface area contributed by atoms with Crippen molar-refractivity contribution in [3.8, 4) is 5.75 Å². The number of nitrogens with one attached hydrogen (secondary N) is 2. The van der Waals surface area contributed by atoms with Gasteiger partial charge < -0.3 is 34.6 Å². The van der Waals surface area contributed by atoms with E-state index in [9.17, 15) is 19.2 Å². The molecule has 1 saturated heterocycles. The molecule has 2 aliphatic heterocycles. The maximum Gasteiger partial charge on any atom is 0.513 e. The highest BCUT2D eigenvalue weighted by molar-refractivity contribution is 6.37. The fourth-order valence-electron chi connectivity index (χ4n) is 5.48. The number of fused-ring (bicyclic) bond motifs is 1. The van der Waals surface area contributed by atoms with Crippen LogP contribution in [0.1, 0.15) is 56.1 Å². The van der Waals surface area contributed by atoms with Gasteiger partial charge in [0, 0.05) is 48.1 Å². The molecule has 46 heavy (non-hydrogen) atoms. The number of nitrogens with zero attached hydrogens (tertiary/aromatic N) is 2. The average Bonchev–Trinajstić information content (AvgIpc) is 3.34. The van der Waals surface area contributed by atoms with Gasteiger partial charge in [-0.25, -0.2) is 9.59 Å². The number of benzene rings is 3. The van der Waals surface area contributed by atoms with Crippen LogP contribution in [-0.2, 0) is 14.3 Å². The molecule has 2 aliphatic rings. The minimum absolute atomic E-state index is 0.134. The smallest absolute Gasteiger partial charge is 0.444 e. The molecule has 1 fully saturated rings. The van der Waals surface area contributed by atoms with E-state index in [1.54, 1.807) is 52.3 Å². The van der Waals surface area contributed by atoms with Crippen molar-refractivity contribution in [2.24, 2.45) is 0 Å². The van der Waals surface area contributed by atoms with Crippen molar-refractivity contribution in [3.05, 3.63) is 89.5 Å². The maximum atomic E-state index is 13.6. The van der Waals surface area contributed by atoms with E-state index in [0.29, 0.717) is 46.9 Å². The van der Waals surface area contributed by atoms with Crippen LogP contribution in [0.25, 0.3) is 11.3 Å². The van der Waals surface area contributed by atoms with E-state index in [-0.39, 0.29) is 35.7 Å². The van der Waals surface area contributed by atoms with Crippen LogP contribution < -0.4 is 15.4 Å². The van der Waals surface area contributed by atoms with Crippen molar-refractivity contribution in [2.75, 3.05) is 30.8 Å². The maximum absolute atomic E-state index is 13.6. The molecule has 3 aromatic carbocycles. The summed E-state index contributed by atoms with van der Waals surface area (Å²) in [4.78, 5) is 54.7. The molecule has 11 heteroatoms. The van der Waals surface area contributed by atoms with Crippen LogP contribution in [-0.4, -0.2) is 71.7 Å². The first-order chi connectivity index (χ1) is 21.8. The van der Waals surface area contributed by atoms with Gasteiger partial charge in [0.05, 0.1) is 24.1 Å². The fraction of sp³-hybridized carbons (Fsp3) is 0.314. The number of carbonyl (C=O) groups excluding carboxylic acids is 4. The molecule has 2 N–H and O–H groups in total. The van der Waals surface area contributed by atoms with Gasteiger partial charge in [-0.15, -0.1) is 0 Å². The summed E-state index contributed by atoms with van der Waals surface area (Å²) in [5, 5.41) is 6.25. The Bertz CT molecular complexity index is 1680. The molecule has 0 aromatic heterocycles. The molecule has 0 unspecified atom stereocenters. The van der Waals surface area contributed by atoms with Gasteiger partial charge >= 0.3 is 12.2 Å². The molecule has 0 radical (unpaired) electrons. The van der Waals surface area contributed by atoms with Crippen molar-refractivity contribution in [1.82, 2.24) is 9.80 Å². The Morgan fingerprint density at radius 1 is 0.870 bits per heavy atom. The molecule has 0 spiro atoms. The Hall–Kier alpha value is -5.32. The molecule has 0 saturated carbocycles. The van der Waals surface area contributed by atoms with Crippen molar-refractivity contribution in [1.29, 1.82) is 0 Å². The average molecular weight is 627 g/mol. The van der Waals surface area contributed by atoms with E-state index < -0.39 is 11.8 Å². The fourth-order valence-corrected chi connectivity index (χ4v) is 5.48. The molecule has 3 amide bonds. The second-order valence-electron chi connectivity index (χ2n) is 12.3. The molecule has 5 rings (SSSR count). The lowest BCUT2D eigenvalue weighted by Gasteiger charge is -2.44. The van der Waals surface area contributed by atoms with E-state index in [1.165, 1.54) is 7.11 Å². The minimum atomic E-state index is -0.861. The third kappa shape index (κ3) is 6.98. The molecular formula is C35H38N4O7. The molecule has 0 bridgehead atoms. The number of rotatable bonds is 5. The van der Waals surface area contributed by atoms with E-state index in [4.69, 9.17) is 9.47 Å². The first-order valence-corrected chi connectivity index (χ1v) is 15.0. The van der Waals surface area contributed by atoms with Crippen LogP contribution >= 0.6 is 0 Å². The second kappa shape index (κ2) is 13.0. The van der Waals surface area contributed by atoms with Crippen LogP contribution in [0.3, 0.4) is 0 Å². The molecular weight excluding hydrogens is 588 g/mol. The zero-order valence-corrected chi connectivity index (χ0v) is 26.7. The summed E-state index contributed by atoms with van der Waals surface area (Å²) in [5.41, 5.74) is 3.46. The Morgan fingerprint density at radius 2 is 1.52 bits per heavy atom. The molecule has 3 aromatic rings. The number of piperazine rings is 1. The van der Waals surface area contributed by atoms with Crippen LogP contribution in [0.2, 0.25) is 0 Å². The third-order valence-electron chi connectivity index (χ3n) is 7.69. The first-order valence-electron chi connectivity index (χ1n) is 15.0. The van der Waals surface area contributed by atoms with Crippen LogP contribution in [0.4, 0.5) is 21.0 Å². The Labute approximate surface area is 268 Å². The summed E-state index contributed by atoms with van der Waals surface area (Å²) in [6.45, 7) is 10.1. The molecule has 11 nitrogen and oxygen atoms in total. The number of hydrogen-bond acceptors (Lipinski definition) is 8. The number of hydrogen-bond donors (Lipinski definition) is 2. The van der Waals surface area contributed by atoms with Crippen molar-refractivity contribution < 1.29 is 33.4 Å². The summed E-state index contributed by atoms with van der Waals surface area (Å²) in [7, 11) is 1.22. The molecule has 0 aliphatic carbocycles. The lowest BCUT2D eigenvalue weighted by molar-refractivity contribution is -0.110. The molecule has 240 valence electrons. The SMILES string of the molecule is COC(=O)Oc1ccc2c(c1)NC(=O)/C2=C(\Nc1ccc(C(=O)N2C[C@H](C)N(C(=O)OC(C)(C)C)C[C@H]2C)cc1)c1ccccc1. The first kappa shape index (κ1) is 32.1. The predicted octanol–water partition coefficient (Wildman–Crippen LogP) is 6.23. The standard InChI is InChI=1S/C35H38N4O7/c1-21-20-39(33(42)46-35(3,4)5)22(2)19-38(21)32(41)24-12-14-25(15-13-24)36-30(23-10-8-7-9-11-23)29-27-17-16-26(45-34(43)44-6)18-28(27)37-31(29)40/h7-18,21-22,36H,19-20H2,1-6H3,(H,37,40)/b30-29-/t21-,22+/m1/s1. The topological polar surface area (TPSA) is 127 Å². The van der Waals surface area contributed by atoms with Crippen LogP contribution in [0.15, 0.2) is 72.8 Å². The van der Waals surface area contributed by atoms with Crippen molar-refractivity contribution in [3.63, 3.8) is 0 Å². The van der Waals surface area contributed by atoms with Gasteiger partial charge in [0.1, 0.15) is 11.4 Å². The van der Waals surface area contributed by atoms with E-state index in [1.807, 2.05) is 65.0 Å². The number of carbonyl (C=O) groups is 4. The monoisotopic (exact) mass is 626 g/mol. The molecule has 2 heterocycles. The number of methoxy groups -OCH3 is 1. The highest BCUT2D eigenvalue weighted by atomic mass is 16.7. The normalized spacial score (nSPS) is 18.7. The highest BCUT2D eigenvalue weighted by Crippen LogP contribution is 2.39. The Balaban J connectivity index is 1.37. The van der Waals surface area contributed by atoms with Gasteiger partial charge in [-0.2, -0.15) is 0 Å². The van der Waals surface area contributed by atoms with E-state index in [2.05, 4.69) is 15.4 Å². The summed E-state index contributed by atoms with van der Waals surface area (Å²) in [6.07, 6.45) is -1.24. The largest absolute Gasteiger partial charge is 0.513 e. The Morgan fingerprint density at radius 3 is 2.17 bits per heavy atom. The van der Waals surface area contributed by atoms with Gasteiger partial charge in [0.15, 0.2) is 0 Å². The third-order valence-corrected chi connectivity index (χ3v) is 7.69. The lowest BCUT2D eigenvalue weighted by Crippen LogP contribution is -2.60. The quantitative estimate of drug-likeness (QED) is 0.194. The lowest BCUT2D eigenvalue weighted by atomic mass is 9.99. The van der Waals surface area contributed by atoms with Gasteiger partial charge in [-0.05, 0) is 76.6 Å². The minimum Gasteiger partial charge on any atom is -0.444 e. The van der Waals surface area contributed by atoms with E-state index in [0.717, 1.165) is 5.56 Å². The number of amides is 3. The number of anilines is 2. The zero-order chi connectivity index (χ0) is 33.2. The summed E-state index contributed by atoms with van der Waals surface area (Å²) < 4.78 is 15.2. The predicted molar refractivity (Wildman–Crippen MR) is 174 cm³/mol. The summed E-state index contributed by atoms with van der Waals surface area (Å²) in [5.74, 6) is -0.223. The Kier molecular flexibility index (Phi) is 9.04. The van der Waals surface area contributed by atoms with Crippen molar-refractivity contribution in [2.45, 2.75) is 52.3 Å². The van der Waals surface area contributed by atoms with Gasteiger partial charge in [-0.3, -0.25) is 9.59 Å². The van der Waals surface area contributed by atoms with Crippen LogP contribution in [0.5, 0.6) is 5.75 Å². The van der Waals surface area contributed by atoms with Crippen LogP contribution in [0, 0.1) is 0 Å². The second-order valence-corrected chi connectivity index (χ2v) is 12.3. The van der Waals surface area contributed by atoms with Gasteiger partial charge in [0.2, 0.25) is 0 Å². The van der Waals surface area contributed by atoms with E-state index >= 15 is 0 Å². The summed E-state index contributed by atoms with van der Waals surface area (Å²) >= 11 is 0. The van der Waals surface area contributed by atoms with Crippen molar-refractivity contribution >= 4 is 46.7 Å². The molecule has 2 atom stereocenters. The highest BCUT2D eigenvalue weighted by Gasteiger charge is 2.37.